The van der Waals surface area contributed by atoms with Gasteiger partial charge in [0.25, 0.3) is 5.91 Å². The standard InChI is InChI=1S/C15H16N4O3/c1-10-4-5-12(19-16-6-7-17-19)11(9-10)14(20)18-8-2-3-13(18)15(21)22/h4-7,9,13H,2-3,8H2,1H3,(H,21,22). The van der Waals surface area contributed by atoms with Gasteiger partial charge in [0.05, 0.1) is 23.6 Å². The maximum Gasteiger partial charge on any atom is 0.326 e. The second-order valence-electron chi connectivity index (χ2n) is 5.33. The first-order valence-corrected chi connectivity index (χ1v) is 7.09. The maximum absolute atomic E-state index is 12.8. The number of nitrogens with zero attached hydrogens (tertiary/aromatic N) is 4. The van der Waals surface area contributed by atoms with Gasteiger partial charge < -0.3 is 10.0 Å². The van der Waals surface area contributed by atoms with E-state index in [0.29, 0.717) is 30.6 Å². The van der Waals surface area contributed by atoms with Crippen molar-refractivity contribution in [2.45, 2.75) is 25.8 Å². The van der Waals surface area contributed by atoms with Crippen molar-refractivity contribution in [1.29, 1.82) is 0 Å². The Morgan fingerprint density at radius 3 is 2.68 bits per heavy atom. The minimum atomic E-state index is -0.961. The smallest absolute Gasteiger partial charge is 0.326 e. The second kappa shape index (κ2) is 5.59. The Kier molecular flexibility index (Phi) is 3.62. The van der Waals surface area contributed by atoms with E-state index < -0.39 is 12.0 Å². The fraction of sp³-hybridized carbons (Fsp3) is 0.333. The van der Waals surface area contributed by atoms with E-state index in [1.165, 1.54) is 22.1 Å². The van der Waals surface area contributed by atoms with Gasteiger partial charge in [-0.3, -0.25) is 4.79 Å². The first-order chi connectivity index (χ1) is 10.6. The number of aliphatic carboxylic acids is 1. The van der Waals surface area contributed by atoms with Crippen molar-refractivity contribution in [3.05, 3.63) is 41.7 Å². The Balaban J connectivity index is 2.02. The number of aryl methyl sites for hydroxylation is 1. The Morgan fingerprint density at radius 1 is 1.27 bits per heavy atom. The van der Waals surface area contributed by atoms with Crippen LogP contribution in [0.4, 0.5) is 0 Å². The van der Waals surface area contributed by atoms with Gasteiger partial charge in [-0.05, 0) is 31.9 Å². The number of carbonyl (C=O) groups excluding carboxylic acids is 1. The molecule has 0 aliphatic carbocycles. The van der Waals surface area contributed by atoms with Crippen LogP contribution in [-0.2, 0) is 4.79 Å². The van der Waals surface area contributed by atoms with Crippen molar-refractivity contribution < 1.29 is 14.7 Å². The number of carbonyl (C=O) groups is 2. The van der Waals surface area contributed by atoms with Crippen molar-refractivity contribution in [1.82, 2.24) is 19.9 Å². The molecule has 0 saturated carbocycles. The summed E-state index contributed by atoms with van der Waals surface area (Å²) < 4.78 is 0. The molecule has 2 heterocycles. The molecule has 0 bridgehead atoms. The van der Waals surface area contributed by atoms with Crippen LogP contribution in [0.25, 0.3) is 5.69 Å². The fourth-order valence-electron chi connectivity index (χ4n) is 2.76. The van der Waals surface area contributed by atoms with Gasteiger partial charge in [0, 0.05) is 6.54 Å². The second-order valence-corrected chi connectivity index (χ2v) is 5.33. The van der Waals surface area contributed by atoms with Gasteiger partial charge >= 0.3 is 5.97 Å². The molecule has 114 valence electrons. The molecule has 1 fully saturated rings. The summed E-state index contributed by atoms with van der Waals surface area (Å²) in [6.07, 6.45) is 4.25. The van der Waals surface area contributed by atoms with Crippen molar-refractivity contribution in [3.8, 4) is 5.69 Å². The average Bonchev–Trinajstić information content (AvgIpc) is 3.17. The van der Waals surface area contributed by atoms with Crippen molar-refractivity contribution >= 4 is 11.9 Å². The molecule has 3 rings (SSSR count). The summed E-state index contributed by atoms with van der Waals surface area (Å²) in [5, 5.41) is 17.4. The quantitative estimate of drug-likeness (QED) is 0.922. The van der Waals surface area contributed by atoms with Crippen LogP contribution in [0.15, 0.2) is 30.6 Å². The number of carboxylic acids is 1. The highest BCUT2D eigenvalue weighted by Crippen LogP contribution is 2.23. The van der Waals surface area contributed by atoms with E-state index in [9.17, 15) is 14.7 Å². The lowest BCUT2D eigenvalue weighted by atomic mass is 10.1. The highest BCUT2D eigenvalue weighted by atomic mass is 16.4. The molecule has 7 nitrogen and oxygen atoms in total. The van der Waals surface area contributed by atoms with Gasteiger partial charge in [-0.2, -0.15) is 15.0 Å². The normalized spacial score (nSPS) is 17.7. The van der Waals surface area contributed by atoms with Crippen molar-refractivity contribution in [2.24, 2.45) is 0 Å². The van der Waals surface area contributed by atoms with Crippen molar-refractivity contribution in [2.75, 3.05) is 6.54 Å². The lowest BCUT2D eigenvalue weighted by Gasteiger charge is -2.22. The molecule has 1 saturated heterocycles. The Morgan fingerprint density at radius 2 is 2.00 bits per heavy atom. The molecular weight excluding hydrogens is 284 g/mol. The molecule has 1 aromatic heterocycles. The van der Waals surface area contributed by atoms with E-state index in [2.05, 4.69) is 10.2 Å². The molecule has 2 aromatic rings. The summed E-state index contributed by atoms with van der Waals surface area (Å²) in [6.45, 7) is 2.34. The van der Waals surface area contributed by atoms with E-state index in [0.717, 1.165) is 5.56 Å². The summed E-state index contributed by atoms with van der Waals surface area (Å²) in [5.74, 6) is -1.25. The third-order valence-electron chi connectivity index (χ3n) is 3.82. The van der Waals surface area contributed by atoms with Crippen LogP contribution >= 0.6 is 0 Å². The number of benzene rings is 1. The van der Waals surface area contributed by atoms with Crippen LogP contribution in [0.5, 0.6) is 0 Å². The zero-order chi connectivity index (χ0) is 15.7. The molecule has 1 aliphatic heterocycles. The first-order valence-electron chi connectivity index (χ1n) is 7.09. The number of aromatic nitrogens is 3. The molecule has 1 amide bonds. The molecule has 1 atom stereocenters. The Labute approximate surface area is 127 Å². The monoisotopic (exact) mass is 300 g/mol. The van der Waals surface area contributed by atoms with Crippen LogP contribution in [0.3, 0.4) is 0 Å². The van der Waals surface area contributed by atoms with Crippen molar-refractivity contribution in [3.63, 3.8) is 0 Å². The summed E-state index contributed by atoms with van der Waals surface area (Å²) in [5.41, 5.74) is 1.89. The van der Waals surface area contributed by atoms with E-state index >= 15 is 0 Å². The third kappa shape index (κ3) is 2.45. The van der Waals surface area contributed by atoms with Gasteiger partial charge in [0.1, 0.15) is 6.04 Å². The highest BCUT2D eigenvalue weighted by molar-refractivity contribution is 6.00. The Hall–Kier alpha value is -2.70. The van der Waals surface area contributed by atoms with E-state index in [4.69, 9.17) is 0 Å². The largest absolute Gasteiger partial charge is 0.480 e. The fourth-order valence-corrected chi connectivity index (χ4v) is 2.76. The molecule has 1 unspecified atom stereocenters. The molecule has 1 aliphatic rings. The lowest BCUT2D eigenvalue weighted by Crippen LogP contribution is -2.40. The van der Waals surface area contributed by atoms with E-state index in [-0.39, 0.29) is 5.91 Å². The molecule has 1 N–H and O–H groups in total. The highest BCUT2D eigenvalue weighted by Gasteiger charge is 2.35. The number of likely N-dealkylation sites (tertiary alicyclic amines) is 1. The predicted molar refractivity (Wildman–Crippen MR) is 77.8 cm³/mol. The maximum atomic E-state index is 12.8. The third-order valence-corrected chi connectivity index (χ3v) is 3.82. The van der Waals surface area contributed by atoms with Crippen LogP contribution in [0, 0.1) is 6.92 Å². The SMILES string of the molecule is Cc1ccc(-n2nccn2)c(C(=O)N2CCCC2C(=O)O)c1. The summed E-state index contributed by atoms with van der Waals surface area (Å²) in [4.78, 5) is 26.9. The summed E-state index contributed by atoms with van der Waals surface area (Å²) in [7, 11) is 0. The molecule has 1 aromatic carbocycles. The number of amides is 1. The number of rotatable bonds is 3. The molecule has 22 heavy (non-hydrogen) atoms. The van der Waals surface area contributed by atoms with Gasteiger partial charge in [-0.15, -0.1) is 0 Å². The first kappa shape index (κ1) is 14.2. The summed E-state index contributed by atoms with van der Waals surface area (Å²) >= 11 is 0. The van der Waals surface area contributed by atoms with Gasteiger partial charge in [0.15, 0.2) is 0 Å². The minimum absolute atomic E-state index is 0.291. The lowest BCUT2D eigenvalue weighted by molar-refractivity contribution is -0.141. The number of hydrogen-bond donors (Lipinski definition) is 1. The molecule has 0 radical (unpaired) electrons. The van der Waals surface area contributed by atoms with Crippen LogP contribution < -0.4 is 0 Å². The Bertz CT molecular complexity index is 712. The van der Waals surface area contributed by atoms with Crippen LogP contribution in [-0.4, -0.2) is 49.5 Å². The van der Waals surface area contributed by atoms with Crippen LogP contribution in [0.1, 0.15) is 28.8 Å². The molecule has 7 heteroatoms. The van der Waals surface area contributed by atoms with E-state index in [1.54, 1.807) is 12.1 Å². The molecular formula is C15H16N4O3. The zero-order valence-electron chi connectivity index (χ0n) is 12.1. The van der Waals surface area contributed by atoms with Gasteiger partial charge in [-0.1, -0.05) is 11.6 Å². The minimum Gasteiger partial charge on any atom is -0.480 e. The predicted octanol–water partition coefficient (Wildman–Crippen LogP) is 1.26. The van der Waals surface area contributed by atoms with Crippen LogP contribution in [0.2, 0.25) is 0 Å². The topological polar surface area (TPSA) is 88.3 Å². The summed E-state index contributed by atoms with van der Waals surface area (Å²) in [6, 6.07) is 4.63. The van der Waals surface area contributed by atoms with Gasteiger partial charge in [-0.25, -0.2) is 4.79 Å². The number of hydrogen-bond acceptors (Lipinski definition) is 4. The van der Waals surface area contributed by atoms with E-state index in [1.807, 2.05) is 13.0 Å². The number of carboxylic acid groups (broad SMARTS) is 1. The van der Waals surface area contributed by atoms with Gasteiger partial charge in [0.2, 0.25) is 0 Å². The molecule has 0 spiro atoms. The average molecular weight is 300 g/mol. The zero-order valence-corrected chi connectivity index (χ0v) is 12.1.